The highest BCUT2D eigenvalue weighted by Gasteiger charge is 2.30. The predicted molar refractivity (Wildman–Crippen MR) is 102 cm³/mol. The summed E-state index contributed by atoms with van der Waals surface area (Å²) in [5, 5.41) is 14.1. The average molecular weight is 405 g/mol. The number of nitrogens with zero attached hydrogens (tertiary/aromatic N) is 2. The summed E-state index contributed by atoms with van der Waals surface area (Å²) >= 11 is 0. The second-order valence-electron chi connectivity index (χ2n) is 6.31. The number of rotatable bonds is 6. The maximum atomic E-state index is 12.6. The minimum Gasteiger partial charge on any atom is -0.450 e. The highest BCUT2D eigenvalue weighted by atomic mass is 32.2. The Kier molecular flexibility index (Phi) is 5.61. The van der Waals surface area contributed by atoms with E-state index in [-0.39, 0.29) is 22.3 Å². The van der Waals surface area contributed by atoms with E-state index in [0.717, 1.165) is 18.9 Å². The van der Waals surface area contributed by atoms with Crippen LogP contribution in [0.4, 0.5) is 11.4 Å². The molecular weight excluding hydrogens is 386 g/mol. The van der Waals surface area contributed by atoms with Crippen molar-refractivity contribution in [2.45, 2.75) is 24.7 Å². The van der Waals surface area contributed by atoms with E-state index in [1.165, 1.54) is 29.4 Å². The van der Waals surface area contributed by atoms with Crippen LogP contribution in [0, 0.1) is 10.1 Å². The maximum absolute atomic E-state index is 12.6. The Morgan fingerprint density at radius 3 is 2.54 bits per heavy atom. The van der Waals surface area contributed by atoms with Crippen LogP contribution < -0.4 is 10.1 Å². The predicted octanol–water partition coefficient (Wildman–Crippen LogP) is 3.13. The van der Waals surface area contributed by atoms with Crippen molar-refractivity contribution < 1.29 is 22.9 Å². The second-order valence-corrected chi connectivity index (χ2v) is 8.25. The largest absolute Gasteiger partial charge is 0.450 e. The van der Waals surface area contributed by atoms with Crippen molar-refractivity contribution in [2.75, 3.05) is 18.4 Å². The van der Waals surface area contributed by atoms with Crippen LogP contribution in [0.15, 0.2) is 47.4 Å². The lowest BCUT2D eigenvalue weighted by Crippen LogP contribution is -2.27. The molecule has 2 aromatic rings. The Balaban J connectivity index is 1.92. The molecule has 1 N–H and O–H groups in total. The lowest BCUT2D eigenvalue weighted by atomic mass is 10.2. The van der Waals surface area contributed by atoms with Crippen LogP contribution in [-0.2, 0) is 14.8 Å². The highest BCUT2D eigenvalue weighted by molar-refractivity contribution is 7.89. The molecule has 0 unspecified atom stereocenters. The maximum Gasteiger partial charge on any atom is 0.312 e. The molecule has 0 spiro atoms. The standard InChI is InChI=1S/C18H19N3O6S/c1-13(22)19-14-5-4-6-15(11-14)27-18-8-7-16(12-17(18)21(23)24)28(25,26)20-9-2-3-10-20/h4-8,11-12H,2-3,9-10H2,1H3,(H,19,22). The van der Waals surface area contributed by atoms with E-state index in [1.54, 1.807) is 18.2 Å². The summed E-state index contributed by atoms with van der Waals surface area (Å²) in [6.07, 6.45) is 1.54. The first-order valence-corrected chi connectivity index (χ1v) is 10.1. The number of nitro groups is 1. The van der Waals surface area contributed by atoms with Gasteiger partial charge in [0.05, 0.1) is 9.82 Å². The molecule has 1 aliphatic heterocycles. The van der Waals surface area contributed by atoms with Gasteiger partial charge in [0.15, 0.2) is 0 Å². The average Bonchev–Trinajstić information content (AvgIpc) is 3.17. The number of carbonyl (C=O) groups excluding carboxylic acids is 1. The number of anilines is 1. The molecule has 0 radical (unpaired) electrons. The Labute approximate surface area is 162 Å². The van der Waals surface area contributed by atoms with Gasteiger partial charge in [-0.1, -0.05) is 6.07 Å². The van der Waals surface area contributed by atoms with Gasteiger partial charge in [0, 0.05) is 37.8 Å². The number of nitro benzene ring substituents is 1. The van der Waals surface area contributed by atoms with Crippen LogP contribution >= 0.6 is 0 Å². The zero-order chi connectivity index (χ0) is 20.3. The van der Waals surface area contributed by atoms with Gasteiger partial charge in [0.1, 0.15) is 5.75 Å². The molecule has 0 saturated carbocycles. The van der Waals surface area contributed by atoms with Crippen LogP contribution in [0.5, 0.6) is 11.5 Å². The molecule has 1 saturated heterocycles. The van der Waals surface area contributed by atoms with E-state index in [4.69, 9.17) is 4.74 Å². The number of hydrogen-bond donors (Lipinski definition) is 1. The highest BCUT2D eigenvalue weighted by Crippen LogP contribution is 2.35. The van der Waals surface area contributed by atoms with E-state index in [2.05, 4.69) is 5.32 Å². The first kappa shape index (κ1) is 19.8. The molecule has 3 rings (SSSR count). The minimum absolute atomic E-state index is 0.0923. The summed E-state index contributed by atoms with van der Waals surface area (Å²) in [6, 6.07) is 9.94. The molecule has 0 aromatic heterocycles. The van der Waals surface area contributed by atoms with Gasteiger partial charge < -0.3 is 10.1 Å². The molecule has 2 aromatic carbocycles. The zero-order valence-corrected chi connectivity index (χ0v) is 15.9. The fourth-order valence-electron chi connectivity index (χ4n) is 2.93. The number of carbonyl (C=O) groups is 1. The lowest BCUT2D eigenvalue weighted by Gasteiger charge is -2.16. The number of sulfonamides is 1. The molecule has 1 aliphatic rings. The minimum atomic E-state index is -3.78. The van der Waals surface area contributed by atoms with Gasteiger partial charge in [-0.3, -0.25) is 14.9 Å². The van der Waals surface area contributed by atoms with Crippen molar-refractivity contribution in [2.24, 2.45) is 0 Å². The van der Waals surface area contributed by atoms with Gasteiger partial charge in [-0.25, -0.2) is 8.42 Å². The van der Waals surface area contributed by atoms with Gasteiger partial charge in [-0.15, -0.1) is 0 Å². The summed E-state index contributed by atoms with van der Waals surface area (Å²) < 4.78 is 32.2. The normalized spacial score (nSPS) is 14.6. The molecule has 28 heavy (non-hydrogen) atoms. The molecule has 0 atom stereocenters. The second kappa shape index (κ2) is 7.95. The van der Waals surface area contributed by atoms with Crippen molar-refractivity contribution in [1.29, 1.82) is 0 Å². The summed E-state index contributed by atoms with van der Waals surface area (Å²) in [4.78, 5) is 21.8. The van der Waals surface area contributed by atoms with Crippen LogP contribution in [0.1, 0.15) is 19.8 Å². The van der Waals surface area contributed by atoms with Gasteiger partial charge in [-0.05, 0) is 37.1 Å². The van der Waals surface area contributed by atoms with E-state index < -0.39 is 20.6 Å². The lowest BCUT2D eigenvalue weighted by molar-refractivity contribution is -0.385. The topological polar surface area (TPSA) is 119 Å². The van der Waals surface area contributed by atoms with Gasteiger partial charge in [-0.2, -0.15) is 4.31 Å². The van der Waals surface area contributed by atoms with E-state index in [0.29, 0.717) is 18.8 Å². The van der Waals surface area contributed by atoms with Crippen LogP contribution in [0.25, 0.3) is 0 Å². The molecule has 10 heteroatoms. The molecule has 1 amide bonds. The number of hydrogen-bond acceptors (Lipinski definition) is 6. The number of amides is 1. The molecule has 0 bridgehead atoms. The van der Waals surface area contributed by atoms with E-state index >= 15 is 0 Å². The Hall–Kier alpha value is -2.98. The molecule has 148 valence electrons. The third-order valence-electron chi connectivity index (χ3n) is 4.21. The summed E-state index contributed by atoms with van der Waals surface area (Å²) in [5.74, 6) is -0.0885. The van der Waals surface area contributed by atoms with Crippen LogP contribution in [0.2, 0.25) is 0 Å². The van der Waals surface area contributed by atoms with Gasteiger partial charge in [0.25, 0.3) is 0 Å². The smallest absolute Gasteiger partial charge is 0.312 e. The molecule has 1 heterocycles. The monoisotopic (exact) mass is 405 g/mol. The third-order valence-corrected chi connectivity index (χ3v) is 6.11. The molecule has 1 fully saturated rings. The fourth-order valence-corrected chi connectivity index (χ4v) is 4.47. The van der Waals surface area contributed by atoms with Gasteiger partial charge >= 0.3 is 5.69 Å². The summed E-state index contributed by atoms with van der Waals surface area (Å²) in [7, 11) is -3.78. The van der Waals surface area contributed by atoms with Crippen molar-refractivity contribution >= 4 is 27.3 Å². The summed E-state index contributed by atoms with van der Waals surface area (Å²) in [5.41, 5.74) is 0.0195. The van der Waals surface area contributed by atoms with Crippen molar-refractivity contribution in [3.05, 3.63) is 52.6 Å². The Morgan fingerprint density at radius 2 is 1.89 bits per heavy atom. The first-order chi connectivity index (χ1) is 13.3. The number of nitrogens with one attached hydrogen (secondary N) is 1. The first-order valence-electron chi connectivity index (χ1n) is 8.61. The number of benzene rings is 2. The van der Waals surface area contributed by atoms with Crippen molar-refractivity contribution in [3.8, 4) is 11.5 Å². The van der Waals surface area contributed by atoms with E-state index in [9.17, 15) is 23.3 Å². The summed E-state index contributed by atoms with van der Waals surface area (Å²) in [6.45, 7) is 2.17. The fraction of sp³-hybridized carbons (Fsp3) is 0.278. The quantitative estimate of drug-likeness (QED) is 0.582. The number of ether oxygens (including phenoxy) is 1. The van der Waals surface area contributed by atoms with E-state index in [1.807, 2.05) is 0 Å². The third kappa shape index (κ3) is 4.29. The molecular formula is C18H19N3O6S. The SMILES string of the molecule is CC(=O)Nc1cccc(Oc2ccc(S(=O)(=O)N3CCCC3)cc2[N+](=O)[O-])c1. The van der Waals surface area contributed by atoms with Crippen LogP contribution in [-0.4, -0.2) is 36.6 Å². The Morgan fingerprint density at radius 1 is 1.18 bits per heavy atom. The molecule has 9 nitrogen and oxygen atoms in total. The van der Waals surface area contributed by atoms with Crippen LogP contribution in [0.3, 0.4) is 0 Å². The Bertz CT molecular complexity index is 1020. The molecule has 0 aliphatic carbocycles. The van der Waals surface area contributed by atoms with Crippen molar-refractivity contribution in [1.82, 2.24) is 4.31 Å². The van der Waals surface area contributed by atoms with Crippen molar-refractivity contribution in [3.63, 3.8) is 0 Å². The van der Waals surface area contributed by atoms with Gasteiger partial charge in [0.2, 0.25) is 21.7 Å². The zero-order valence-electron chi connectivity index (χ0n) is 15.1.